The van der Waals surface area contributed by atoms with Crippen molar-refractivity contribution >= 4 is 16.5 Å². The average molecular weight is 194 g/mol. The van der Waals surface area contributed by atoms with Crippen LogP contribution >= 0.6 is 11.3 Å². The van der Waals surface area contributed by atoms with E-state index in [9.17, 15) is 0 Å². The maximum Gasteiger partial charge on any atom is 0.182 e. The standard InChI is InChI=1S/C8H10N4S/c1-5-4-12(11-6(5)2)7-3-10-8(9)13-7/h3-4H,1-2H3,(H2,9,10). The SMILES string of the molecule is Cc1cn(-c2cnc(N)s2)nc1C. The molecular weight excluding hydrogens is 184 g/mol. The van der Waals surface area contributed by atoms with Crippen molar-refractivity contribution in [3.8, 4) is 5.00 Å². The normalized spacial score (nSPS) is 10.6. The van der Waals surface area contributed by atoms with E-state index in [-0.39, 0.29) is 0 Å². The van der Waals surface area contributed by atoms with Gasteiger partial charge in [-0.2, -0.15) is 5.10 Å². The summed E-state index contributed by atoms with van der Waals surface area (Å²) >= 11 is 1.43. The van der Waals surface area contributed by atoms with E-state index in [0.29, 0.717) is 5.13 Å². The Balaban J connectivity index is 2.46. The molecule has 5 heteroatoms. The van der Waals surface area contributed by atoms with Crippen LogP contribution in [0.5, 0.6) is 0 Å². The number of hydrogen-bond acceptors (Lipinski definition) is 4. The van der Waals surface area contributed by atoms with Gasteiger partial charge in [0.1, 0.15) is 5.00 Å². The first-order valence-electron chi connectivity index (χ1n) is 3.91. The summed E-state index contributed by atoms with van der Waals surface area (Å²) in [6.07, 6.45) is 3.70. The van der Waals surface area contributed by atoms with E-state index >= 15 is 0 Å². The number of hydrogen-bond donors (Lipinski definition) is 1. The van der Waals surface area contributed by atoms with Crippen molar-refractivity contribution in [3.05, 3.63) is 23.7 Å². The molecule has 0 aromatic carbocycles. The number of anilines is 1. The lowest BCUT2D eigenvalue weighted by Crippen LogP contribution is -1.90. The number of nitrogens with two attached hydrogens (primary N) is 1. The Bertz CT molecular complexity index is 410. The quantitative estimate of drug-likeness (QED) is 0.749. The van der Waals surface area contributed by atoms with Crippen molar-refractivity contribution in [2.24, 2.45) is 0 Å². The van der Waals surface area contributed by atoms with Gasteiger partial charge in [0.2, 0.25) is 0 Å². The van der Waals surface area contributed by atoms with Crippen molar-refractivity contribution in [2.75, 3.05) is 5.73 Å². The first-order chi connectivity index (χ1) is 6.16. The molecule has 2 heterocycles. The van der Waals surface area contributed by atoms with Gasteiger partial charge in [0.25, 0.3) is 0 Å². The highest BCUT2D eigenvalue weighted by molar-refractivity contribution is 7.17. The van der Waals surface area contributed by atoms with Gasteiger partial charge in [0, 0.05) is 6.20 Å². The molecule has 0 bridgehead atoms. The lowest BCUT2D eigenvalue weighted by atomic mass is 10.3. The summed E-state index contributed by atoms with van der Waals surface area (Å²) in [6, 6.07) is 0. The van der Waals surface area contributed by atoms with Gasteiger partial charge in [-0.3, -0.25) is 0 Å². The molecule has 2 N–H and O–H groups in total. The molecule has 0 fully saturated rings. The average Bonchev–Trinajstić information content (AvgIpc) is 2.61. The molecule has 0 unspecified atom stereocenters. The van der Waals surface area contributed by atoms with E-state index in [1.165, 1.54) is 16.9 Å². The molecule has 13 heavy (non-hydrogen) atoms. The minimum atomic E-state index is 0.570. The third kappa shape index (κ3) is 1.42. The van der Waals surface area contributed by atoms with E-state index in [2.05, 4.69) is 10.1 Å². The Labute approximate surface area is 80.0 Å². The van der Waals surface area contributed by atoms with Crippen LogP contribution in [0, 0.1) is 13.8 Å². The fourth-order valence-corrected chi connectivity index (χ4v) is 1.66. The van der Waals surface area contributed by atoms with Crippen LogP contribution in [0.1, 0.15) is 11.3 Å². The Kier molecular flexibility index (Phi) is 1.81. The Morgan fingerprint density at radius 2 is 2.23 bits per heavy atom. The van der Waals surface area contributed by atoms with Gasteiger partial charge in [0.15, 0.2) is 5.13 Å². The van der Waals surface area contributed by atoms with Crippen LogP contribution in [0.15, 0.2) is 12.4 Å². The summed E-state index contributed by atoms with van der Waals surface area (Å²) in [6.45, 7) is 4.01. The molecule has 2 aromatic heterocycles. The van der Waals surface area contributed by atoms with E-state index in [1.54, 1.807) is 10.9 Å². The lowest BCUT2D eigenvalue weighted by Gasteiger charge is -1.91. The Morgan fingerprint density at radius 1 is 1.46 bits per heavy atom. The summed E-state index contributed by atoms with van der Waals surface area (Å²) in [5, 5.41) is 5.85. The Hall–Kier alpha value is -1.36. The van der Waals surface area contributed by atoms with Crippen LogP contribution in [-0.2, 0) is 0 Å². The first kappa shape index (κ1) is 8.25. The van der Waals surface area contributed by atoms with E-state index in [4.69, 9.17) is 5.73 Å². The molecule has 0 saturated heterocycles. The minimum absolute atomic E-state index is 0.570. The third-order valence-corrected chi connectivity index (χ3v) is 2.70. The summed E-state index contributed by atoms with van der Waals surface area (Å²) in [4.78, 5) is 3.97. The molecule has 0 spiro atoms. The topological polar surface area (TPSA) is 56.7 Å². The zero-order valence-electron chi connectivity index (χ0n) is 7.48. The predicted octanol–water partition coefficient (Wildman–Crippen LogP) is 1.53. The van der Waals surface area contributed by atoms with Crippen molar-refractivity contribution in [1.29, 1.82) is 0 Å². The summed E-state index contributed by atoms with van der Waals surface area (Å²) in [7, 11) is 0. The molecule has 0 aliphatic carbocycles. The van der Waals surface area contributed by atoms with Gasteiger partial charge in [-0.1, -0.05) is 11.3 Å². The van der Waals surface area contributed by atoms with Crippen molar-refractivity contribution in [3.63, 3.8) is 0 Å². The second kappa shape index (κ2) is 2.85. The van der Waals surface area contributed by atoms with E-state index in [0.717, 1.165) is 10.7 Å². The predicted molar refractivity (Wildman–Crippen MR) is 53.1 cm³/mol. The molecule has 0 saturated carbocycles. The molecule has 2 aromatic rings. The fraction of sp³-hybridized carbons (Fsp3) is 0.250. The van der Waals surface area contributed by atoms with E-state index < -0.39 is 0 Å². The molecule has 0 radical (unpaired) electrons. The third-order valence-electron chi connectivity index (χ3n) is 1.88. The summed E-state index contributed by atoms with van der Waals surface area (Å²) in [5.41, 5.74) is 7.73. The lowest BCUT2D eigenvalue weighted by molar-refractivity contribution is 0.875. The van der Waals surface area contributed by atoms with Crippen molar-refractivity contribution in [2.45, 2.75) is 13.8 Å². The summed E-state index contributed by atoms with van der Waals surface area (Å²) < 4.78 is 1.80. The fourth-order valence-electron chi connectivity index (χ4n) is 1.04. The molecule has 0 atom stereocenters. The van der Waals surface area contributed by atoms with Crippen molar-refractivity contribution < 1.29 is 0 Å². The highest BCUT2D eigenvalue weighted by Gasteiger charge is 2.04. The molecule has 0 aliphatic heterocycles. The van der Waals surface area contributed by atoms with Gasteiger partial charge in [-0.05, 0) is 19.4 Å². The van der Waals surface area contributed by atoms with Crippen LogP contribution in [0.4, 0.5) is 5.13 Å². The highest BCUT2D eigenvalue weighted by Crippen LogP contribution is 2.19. The zero-order valence-corrected chi connectivity index (χ0v) is 8.30. The molecular formula is C8H10N4S. The number of rotatable bonds is 1. The monoisotopic (exact) mass is 194 g/mol. The van der Waals surface area contributed by atoms with Crippen LogP contribution in [0.2, 0.25) is 0 Å². The molecule has 4 nitrogen and oxygen atoms in total. The smallest absolute Gasteiger partial charge is 0.182 e. The second-order valence-electron chi connectivity index (χ2n) is 2.88. The number of thiazole rings is 1. The molecule has 68 valence electrons. The zero-order chi connectivity index (χ0) is 9.42. The maximum absolute atomic E-state index is 5.53. The second-order valence-corrected chi connectivity index (χ2v) is 3.92. The molecule has 0 amide bonds. The summed E-state index contributed by atoms with van der Waals surface area (Å²) in [5.74, 6) is 0. The molecule has 0 aliphatic rings. The van der Waals surface area contributed by atoms with Crippen LogP contribution in [-0.4, -0.2) is 14.8 Å². The minimum Gasteiger partial charge on any atom is -0.375 e. The number of nitrogen functional groups attached to an aromatic ring is 1. The van der Waals surface area contributed by atoms with Crippen LogP contribution in [0.25, 0.3) is 5.00 Å². The number of aryl methyl sites for hydroxylation is 2. The highest BCUT2D eigenvalue weighted by atomic mass is 32.1. The largest absolute Gasteiger partial charge is 0.375 e. The first-order valence-corrected chi connectivity index (χ1v) is 4.73. The van der Waals surface area contributed by atoms with Gasteiger partial charge in [0.05, 0.1) is 11.9 Å². The Morgan fingerprint density at radius 3 is 2.69 bits per heavy atom. The number of nitrogens with zero attached hydrogens (tertiary/aromatic N) is 3. The van der Waals surface area contributed by atoms with E-state index in [1.807, 2.05) is 20.0 Å². The van der Waals surface area contributed by atoms with Crippen molar-refractivity contribution in [1.82, 2.24) is 14.8 Å². The van der Waals surface area contributed by atoms with Gasteiger partial charge in [-0.25, -0.2) is 9.67 Å². The van der Waals surface area contributed by atoms with Gasteiger partial charge in [-0.15, -0.1) is 0 Å². The van der Waals surface area contributed by atoms with Gasteiger partial charge < -0.3 is 5.73 Å². The molecule has 2 rings (SSSR count). The van der Waals surface area contributed by atoms with Crippen LogP contribution in [0.3, 0.4) is 0 Å². The maximum atomic E-state index is 5.53. The van der Waals surface area contributed by atoms with Gasteiger partial charge >= 0.3 is 0 Å². The van der Waals surface area contributed by atoms with Crippen LogP contribution < -0.4 is 5.73 Å². The number of aromatic nitrogens is 3.